The van der Waals surface area contributed by atoms with Crippen molar-refractivity contribution in [1.29, 1.82) is 0 Å². The molecule has 0 aliphatic carbocycles. The van der Waals surface area contributed by atoms with Crippen LogP contribution in [0.15, 0.2) is 61.6 Å². The lowest BCUT2D eigenvalue weighted by molar-refractivity contribution is 0.0732. The number of fused-ring (bicyclic) bond motifs is 1. The minimum atomic E-state index is -0.0767. The molecule has 0 aromatic carbocycles. The SMILES string of the molecule is C=CCOc1ccc(C(=O)N2CCc3ncc(OCc4ccc(OC)cn4)cc3C2)cn1. The van der Waals surface area contributed by atoms with Crippen molar-refractivity contribution in [2.24, 2.45) is 0 Å². The fourth-order valence-electron chi connectivity index (χ4n) is 3.35. The van der Waals surface area contributed by atoms with Crippen molar-refractivity contribution in [3.05, 3.63) is 84.1 Å². The fraction of sp³-hybridized carbons (Fsp3) is 0.250. The highest BCUT2D eigenvalue weighted by atomic mass is 16.5. The Balaban J connectivity index is 1.39. The number of hydrogen-bond acceptors (Lipinski definition) is 7. The van der Waals surface area contributed by atoms with Crippen LogP contribution >= 0.6 is 0 Å². The molecule has 0 saturated carbocycles. The molecular weight excluding hydrogens is 408 g/mol. The molecule has 0 N–H and O–H groups in total. The van der Waals surface area contributed by atoms with Gasteiger partial charge in [0.05, 0.1) is 30.8 Å². The number of amides is 1. The zero-order chi connectivity index (χ0) is 22.3. The Kier molecular flexibility index (Phi) is 6.60. The highest BCUT2D eigenvalue weighted by Crippen LogP contribution is 2.24. The van der Waals surface area contributed by atoms with Crippen molar-refractivity contribution in [2.45, 2.75) is 19.6 Å². The van der Waals surface area contributed by atoms with Gasteiger partial charge in [0.15, 0.2) is 0 Å². The smallest absolute Gasteiger partial charge is 0.255 e. The first-order chi connectivity index (χ1) is 15.7. The van der Waals surface area contributed by atoms with Gasteiger partial charge < -0.3 is 19.1 Å². The maximum Gasteiger partial charge on any atom is 0.255 e. The molecule has 1 amide bonds. The van der Waals surface area contributed by atoms with Crippen LogP contribution in [-0.2, 0) is 19.6 Å². The summed E-state index contributed by atoms with van der Waals surface area (Å²) in [5, 5.41) is 0. The van der Waals surface area contributed by atoms with Crippen LogP contribution in [0.25, 0.3) is 0 Å². The molecule has 8 heteroatoms. The highest BCUT2D eigenvalue weighted by Gasteiger charge is 2.23. The Morgan fingerprint density at radius 1 is 1.09 bits per heavy atom. The topological polar surface area (TPSA) is 86.7 Å². The zero-order valence-electron chi connectivity index (χ0n) is 17.9. The number of methoxy groups -OCH3 is 1. The fourth-order valence-corrected chi connectivity index (χ4v) is 3.35. The van der Waals surface area contributed by atoms with Gasteiger partial charge in [0, 0.05) is 37.5 Å². The third-order valence-electron chi connectivity index (χ3n) is 5.05. The van der Waals surface area contributed by atoms with Crippen LogP contribution in [0, 0.1) is 0 Å². The molecule has 4 rings (SSSR count). The number of hydrogen-bond donors (Lipinski definition) is 0. The number of ether oxygens (including phenoxy) is 3. The van der Waals surface area contributed by atoms with Crippen LogP contribution in [-0.4, -0.2) is 46.0 Å². The van der Waals surface area contributed by atoms with Crippen LogP contribution in [0.5, 0.6) is 17.4 Å². The summed E-state index contributed by atoms with van der Waals surface area (Å²) in [6, 6.07) is 9.05. The van der Waals surface area contributed by atoms with E-state index in [0.29, 0.717) is 55.7 Å². The van der Waals surface area contributed by atoms with Crippen molar-refractivity contribution in [2.75, 3.05) is 20.3 Å². The Morgan fingerprint density at radius 3 is 2.69 bits per heavy atom. The molecule has 4 heterocycles. The molecule has 0 radical (unpaired) electrons. The van der Waals surface area contributed by atoms with E-state index < -0.39 is 0 Å². The predicted molar refractivity (Wildman–Crippen MR) is 118 cm³/mol. The molecule has 0 saturated heterocycles. The van der Waals surface area contributed by atoms with Gasteiger partial charge in [0.1, 0.15) is 24.7 Å². The van der Waals surface area contributed by atoms with E-state index in [1.165, 1.54) is 6.20 Å². The number of rotatable bonds is 8. The van der Waals surface area contributed by atoms with Gasteiger partial charge in [-0.3, -0.25) is 14.8 Å². The summed E-state index contributed by atoms with van der Waals surface area (Å²) < 4.78 is 16.3. The number of pyridine rings is 3. The molecule has 8 nitrogen and oxygen atoms in total. The number of carbonyl (C=O) groups excluding carboxylic acids is 1. The van der Waals surface area contributed by atoms with Gasteiger partial charge in [-0.05, 0) is 29.8 Å². The van der Waals surface area contributed by atoms with E-state index in [4.69, 9.17) is 14.2 Å². The Morgan fingerprint density at radius 2 is 1.97 bits per heavy atom. The van der Waals surface area contributed by atoms with Gasteiger partial charge >= 0.3 is 0 Å². The third kappa shape index (κ3) is 5.03. The summed E-state index contributed by atoms with van der Waals surface area (Å²) >= 11 is 0. The summed E-state index contributed by atoms with van der Waals surface area (Å²) in [6.07, 6.45) is 7.24. The van der Waals surface area contributed by atoms with Crippen molar-refractivity contribution >= 4 is 5.91 Å². The van der Waals surface area contributed by atoms with Crippen molar-refractivity contribution in [1.82, 2.24) is 19.9 Å². The number of nitrogens with zero attached hydrogens (tertiary/aromatic N) is 4. The maximum atomic E-state index is 12.9. The summed E-state index contributed by atoms with van der Waals surface area (Å²) in [7, 11) is 1.60. The first kappa shape index (κ1) is 21.3. The Labute approximate surface area is 186 Å². The molecule has 0 spiro atoms. The van der Waals surface area contributed by atoms with Crippen molar-refractivity contribution < 1.29 is 19.0 Å². The quantitative estimate of drug-likeness (QED) is 0.505. The van der Waals surface area contributed by atoms with Gasteiger partial charge in [0.2, 0.25) is 5.88 Å². The molecule has 0 bridgehead atoms. The summed E-state index contributed by atoms with van der Waals surface area (Å²) in [6.45, 7) is 5.36. The normalized spacial score (nSPS) is 12.6. The molecule has 0 fully saturated rings. The highest BCUT2D eigenvalue weighted by molar-refractivity contribution is 5.94. The molecular formula is C24H24N4O4. The third-order valence-corrected chi connectivity index (χ3v) is 5.05. The largest absolute Gasteiger partial charge is 0.495 e. The van der Waals surface area contributed by atoms with E-state index >= 15 is 0 Å². The van der Waals surface area contributed by atoms with E-state index in [2.05, 4.69) is 21.5 Å². The zero-order valence-corrected chi connectivity index (χ0v) is 17.9. The summed E-state index contributed by atoms with van der Waals surface area (Å²) in [4.78, 5) is 27.7. The first-order valence-electron chi connectivity index (χ1n) is 10.2. The van der Waals surface area contributed by atoms with Gasteiger partial charge in [-0.25, -0.2) is 4.98 Å². The molecule has 3 aromatic rings. The lowest BCUT2D eigenvalue weighted by atomic mass is 10.0. The van der Waals surface area contributed by atoms with E-state index in [1.54, 1.807) is 42.6 Å². The molecule has 1 aliphatic heterocycles. The minimum absolute atomic E-state index is 0.0767. The summed E-state index contributed by atoms with van der Waals surface area (Å²) in [5.74, 6) is 1.72. The second-order valence-electron chi connectivity index (χ2n) is 7.22. The van der Waals surface area contributed by atoms with Crippen molar-refractivity contribution in [3.8, 4) is 17.4 Å². The maximum absolute atomic E-state index is 12.9. The van der Waals surface area contributed by atoms with Gasteiger partial charge in [-0.15, -0.1) is 0 Å². The van der Waals surface area contributed by atoms with Crippen LogP contribution < -0.4 is 14.2 Å². The molecule has 0 unspecified atom stereocenters. The summed E-state index contributed by atoms with van der Waals surface area (Å²) in [5.41, 5.74) is 3.26. The predicted octanol–water partition coefficient (Wildman–Crippen LogP) is 3.22. The van der Waals surface area contributed by atoms with E-state index in [0.717, 1.165) is 17.0 Å². The van der Waals surface area contributed by atoms with E-state index in [1.807, 2.05) is 18.2 Å². The van der Waals surface area contributed by atoms with Crippen LogP contribution in [0.1, 0.15) is 27.3 Å². The first-order valence-corrected chi connectivity index (χ1v) is 10.2. The van der Waals surface area contributed by atoms with E-state index in [9.17, 15) is 4.79 Å². The van der Waals surface area contributed by atoms with Gasteiger partial charge in [-0.1, -0.05) is 12.7 Å². The molecule has 164 valence electrons. The molecule has 0 atom stereocenters. The van der Waals surface area contributed by atoms with Crippen LogP contribution in [0.4, 0.5) is 0 Å². The van der Waals surface area contributed by atoms with Gasteiger partial charge in [-0.2, -0.15) is 0 Å². The lowest BCUT2D eigenvalue weighted by Gasteiger charge is -2.28. The second-order valence-corrected chi connectivity index (χ2v) is 7.22. The minimum Gasteiger partial charge on any atom is -0.495 e. The molecule has 32 heavy (non-hydrogen) atoms. The number of aromatic nitrogens is 3. The second kappa shape index (κ2) is 9.91. The number of carbonyl (C=O) groups is 1. The molecule has 1 aliphatic rings. The standard InChI is InChI=1S/C24H24N4O4/c1-3-10-31-23-7-4-17(12-27-23)24(29)28-9-8-22-18(15-28)11-21(14-26-22)32-16-19-5-6-20(30-2)13-25-19/h3-7,11-14H,1,8-10,15-16H2,2H3. The van der Waals surface area contributed by atoms with Gasteiger partial charge in [0.25, 0.3) is 5.91 Å². The average molecular weight is 432 g/mol. The van der Waals surface area contributed by atoms with Crippen molar-refractivity contribution in [3.63, 3.8) is 0 Å². The van der Waals surface area contributed by atoms with Crippen LogP contribution in [0.2, 0.25) is 0 Å². The lowest BCUT2D eigenvalue weighted by Crippen LogP contribution is -2.36. The Hall–Kier alpha value is -3.94. The van der Waals surface area contributed by atoms with E-state index in [-0.39, 0.29) is 5.91 Å². The van der Waals surface area contributed by atoms with Crippen LogP contribution in [0.3, 0.4) is 0 Å². The molecule has 3 aromatic heterocycles. The average Bonchev–Trinajstić information content (AvgIpc) is 2.86. The Bertz CT molecular complexity index is 1080. The monoisotopic (exact) mass is 432 g/mol.